The molecule has 0 aliphatic rings. The number of hydrogen-bond acceptors (Lipinski definition) is 3. The highest BCUT2D eigenvalue weighted by Crippen LogP contribution is 2.37. The van der Waals surface area contributed by atoms with Gasteiger partial charge in [0.15, 0.2) is 17.2 Å². The van der Waals surface area contributed by atoms with E-state index in [1.54, 1.807) is 0 Å². The lowest BCUT2D eigenvalue weighted by atomic mass is 10.2. The van der Waals surface area contributed by atoms with Crippen molar-refractivity contribution in [2.24, 2.45) is 0 Å². The largest absolute Gasteiger partial charge is 0.573 e. The number of ether oxygens (including phenoxy) is 2. The summed E-state index contributed by atoms with van der Waals surface area (Å²) in [5, 5.41) is 0. The molecular formula is C13H9F4NO2. The number of rotatable bonds is 3. The van der Waals surface area contributed by atoms with Crippen LogP contribution in [0, 0.1) is 5.82 Å². The van der Waals surface area contributed by atoms with Crippen LogP contribution in [-0.2, 0) is 0 Å². The molecule has 3 nitrogen and oxygen atoms in total. The zero-order chi connectivity index (χ0) is 14.8. The van der Waals surface area contributed by atoms with Crippen molar-refractivity contribution in [2.75, 3.05) is 5.73 Å². The number of para-hydroxylation sites is 3. The fourth-order valence-electron chi connectivity index (χ4n) is 1.47. The van der Waals surface area contributed by atoms with Crippen LogP contribution in [0.1, 0.15) is 0 Å². The van der Waals surface area contributed by atoms with E-state index >= 15 is 0 Å². The standard InChI is InChI=1S/C13H9F4NO2/c14-8-4-3-7-11(12(8)18)19-9-5-1-2-6-10(9)20-13(15,16)17/h1-7H,18H2. The van der Waals surface area contributed by atoms with Gasteiger partial charge in [0.25, 0.3) is 0 Å². The number of nitrogens with two attached hydrogens (primary N) is 1. The van der Waals surface area contributed by atoms with Crippen LogP contribution in [0.5, 0.6) is 17.2 Å². The summed E-state index contributed by atoms with van der Waals surface area (Å²) < 4.78 is 59.0. The zero-order valence-electron chi connectivity index (χ0n) is 9.95. The zero-order valence-corrected chi connectivity index (χ0v) is 9.95. The first-order valence-corrected chi connectivity index (χ1v) is 5.43. The average Bonchev–Trinajstić information content (AvgIpc) is 2.35. The fraction of sp³-hybridized carbons (Fsp3) is 0.0769. The third-order valence-electron chi connectivity index (χ3n) is 2.31. The topological polar surface area (TPSA) is 44.5 Å². The average molecular weight is 287 g/mol. The number of hydrogen-bond donors (Lipinski definition) is 1. The molecule has 2 aromatic rings. The molecule has 2 aromatic carbocycles. The van der Waals surface area contributed by atoms with Crippen molar-refractivity contribution in [3.05, 3.63) is 48.3 Å². The molecule has 0 aliphatic carbocycles. The van der Waals surface area contributed by atoms with Crippen LogP contribution in [0.3, 0.4) is 0 Å². The lowest BCUT2D eigenvalue weighted by Gasteiger charge is -2.14. The van der Waals surface area contributed by atoms with E-state index in [-0.39, 0.29) is 17.2 Å². The molecule has 20 heavy (non-hydrogen) atoms. The SMILES string of the molecule is Nc1c(F)cccc1Oc1ccccc1OC(F)(F)F. The smallest absolute Gasteiger partial charge is 0.451 e. The second-order valence-corrected chi connectivity index (χ2v) is 3.75. The highest BCUT2D eigenvalue weighted by molar-refractivity contribution is 5.56. The molecule has 0 aromatic heterocycles. The van der Waals surface area contributed by atoms with E-state index in [0.717, 1.165) is 12.1 Å². The van der Waals surface area contributed by atoms with E-state index in [1.165, 1.54) is 30.3 Å². The van der Waals surface area contributed by atoms with Crippen molar-refractivity contribution in [3.63, 3.8) is 0 Å². The second-order valence-electron chi connectivity index (χ2n) is 3.75. The molecule has 0 spiro atoms. The Morgan fingerprint density at radius 3 is 2.10 bits per heavy atom. The molecule has 0 amide bonds. The Hall–Kier alpha value is -2.44. The lowest BCUT2D eigenvalue weighted by Crippen LogP contribution is -2.17. The minimum Gasteiger partial charge on any atom is -0.451 e. The lowest BCUT2D eigenvalue weighted by molar-refractivity contribution is -0.275. The van der Waals surface area contributed by atoms with Crippen molar-refractivity contribution < 1.29 is 27.0 Å². The van der Waals surface area contributed by atoms with Crippen LogP contribution >= 0.6 is 0 Å². The number of halogens is 4. The molecule has 0 heterocycles. The van der Waals surface area contributed by atoms with Crippen molar-refractivity contribution in [2.45, 2.75) is 6.36 Å². The molecule has 0 radical (unpaired) electrons. The molecule has 0 fully saturated rings. The van der Waals surface area contributed by atoms with Crippen LogP contribution in [0.4, 0.5) is 23.2 Å². The Bertz CT molecular complexity index is 614. The number of alkyl halides is 3. The summed E-state index contributed by atoms with van der Waals surface area (Å²) in [6.07, 6.45) is -4.85. The van der Waals surface area contributed by atoms with Gasteiger partial charge in [0, 0.05) is 0 Å². The van der Waals surface area contributed by atoms with Crippen LogP contribution in [0.15, 0.2) is 42.5 Å². The van der Waals surface area contributed by atoms with E-state index in [4.69, 9.17) is 10.5 Å². The van der Waals surface area contributed by atoms with Crippen LogP contribution < -0.4 is 15.2 Å². The van der Waals surface area contributed by atoms with Gasteiger partial charge in [-0.1, -0.05) is 18.2 Å². The van der Waals surface area contributed by atoms with Gasteiger partial charge in [0.2, 0.25) is 0 Å². The Labute approximate surface area is 111 Å². The molecular weight excluding hydrogens is 278 g/mol. The molecule has 2 rings (SSSR count). The van der Waals surface area contributed by atoms with E-state index < -0.39 is 17.9 Å². The number of benzene rings is 2. The second kappa shape index (κ2) is 5.28. The maximum Gasteiger partial charge on any atom is 0.573 e. The predicted octanol–water partition coefficient (Wildman–Crippen LogP) is 4.10. The van der Waals surface area contributed by atoms with Crippen LogP contribution in [0.2, 0.25) is 0 Å². The summed E-state index contributed by atoms with van der Waals surface area (Å²) in [6, 6.07) is 8.91. The van der Waals surface area contributed by atoms with Gasteiger partial charge in [-0.3, -0.25) is 0 Å². The van der Waals surface area contributed by atoms with E-state index in [1.807, 2.05) is 0 Å². The highest BCUT2D eigenvalue weighted by Gasteiger charge is 2.32. The van der Waals surface area contributed by atoms with Crippen molar-refractivity contribution >= 4 is 5.69 Å². The quantitative estimate of drug-likeness (QED) is 0.682. The molecule has 0 atom stereocenters. The molecule has 0 saturated heterocycles. The summed E-state index contributed by atoms with van der Waals surface area (Å²) in [4.78, 5) is 0. The van der Waals surface area contributed by atoms with Crippen LogP contribution in [0.25, 0.3) is 0 Å². The third-order valence-corrected chi connectivity index (χ3v) is 2.31. The monoisotopic (exact) mass is 287 g/mol. The van der Waals surface area contributed by atoms with Crippen molar-refractivity contribution in [1.82, 2.24) is 0 Å². The maximum atomic E-state index is 13.2. The van der Waals surface area contributed by atoms with Gasteiger partial charge >= 0.3 is 6.36 Å². The van der Waals surface area contributed by atoms with Gasteiger partial charge < -0.3 is 15.2 Å². The summed E-state index contributed by atoms with van der Waals surface area (Å²) in [5.74, 6) is -1.58. The Kier molecular flexibility index (Phi) is 3.69. The van der Waals surface area contributed by atoms with Gasteiger partial charge in [-0.2, -0.15) is 0 Å². The maximum absolute atomic E-state index is 13.2. The first kappa shape index (κ1) is 14.0. The Balaban J connectivity index is 2.32. The normalized spacial score (nSPS) is 11.2. The Morgan fingerprint density at radius 2 is 1.45 bits per heavy atom. The van der Waals surface area contributed by atoms with E-state index in [0.29, 0.717) is 0 Å². The van der Waals surface area contributed by atoms with Gasteiger partial charge in [0.1, 0.15) is 11.5 Å². The number of nitrogen functional groups attached to an aromatic ring is 1. The molecule has 106 valence electrons. The first-order valence-electron chi connectivity index (χ1n) is 5.43. The molecule has 0 bridgehead atoms. The van der Waals surface area contributed by atoms with E-state index in [2.05, 4.69) is 4.74 Å². The van der Waals surface area contributed by atoms with Crippen molar-refractivity contribution in [3.8, 4) is 17.2 Å². The van der Waals surface area contributed by atoms with Crippen LogP contribution in [-0.4, -0.2) is 6.36 Å². The molecule has 2 N–H and O–H groups in total. The molecule has 0 saturated carbocycles. The Morgan fingerprint density at radius 1 is 0.850 bits per heavy atom. The molecule has 0 unspecified atom stereocenters. The summed E-state index contributed by atoms with van der Waals surface area (Å²) in [7, 11) is 0. The molecule has 0 aliphatic heterocycles. The summed E-state index contributed by atoms with van der Waals surface area (Å²) >= 11 is 0. The third kappa shape index (κ3) is 3.31. The minimum absolute atomic E-state index is 0.0942. The highest BCUT2D eigenvalue weighted by atomic mass is 19.4. The molecule has 7 heteroatoms. The van der Waals surface area contributed by atoms with E-state index in [9.17, 15) is 17.6 Å². The van der Waals surface area contributed by atoms with Gasteiger partial charge in [-0.25, -0.2) is 4.39 Å². The van der Waals surface area contributed by atoms with Crippen molar-refractivity contribution in [1.29, 1.82) is 0 Å². The van der Waals surface area contributed by atoms with Gasteiger partial charge in [-0.05, 0) is 24.3 Å². The summed E-state index contributed by atoms with van der Waals surface area (Å²) in [5.41, 5.74) is 5.15. The van der Waals surface area contributed by atoms with Gasteiger partial charge in [0.05, 0.1) is 0 Å². The number of anilines is 1. The predicted molar refractivity (Wildman–Crippen MR) is 64.0 cm³/mol. The first-order chi connectivity index (χ1) is 9.37. The fourth-order valence-corrected chi connectivity index (χ4v) is 1.47. The summed E-state index contributed by atoms with van der Waals surface area (Å²) in [6.45, 7) is 0. The minimum atomic E-state index is -4.85. The van der Waals surface area contributed by atoms with Gasteiger partial charge in [-0.15, -0.1) is 13.2 Å².